The summed E-state index contributed by atoms with van der Waals surface area (Å²) in [6.45, 7) is 14.4. The minimum atomic E-state index is 0.0524. The average molecular weight is 363 g/mol. The highest BCUT2D eigenvalue weighted by Crippen LogP contribution is 2.17. The zero-order valence-electron chi connectivity index (χ0n) is 16.6. The lowest BCUT2D eigenvalue weighted by molar-refractivity contribution is 0.0220. The van der Waals surface area contributed by atoms with Crippen molar-refractivity contribution >= 4 is 5.96 Å². The van der Waals surface area contributed by atoms with Gasteiger partial charge in [0, 0.05) is 25.7 Å². The SMILES string of the molecule is CCNC(=NCC(C)N1CCOCC1)NCC(C)Oc1ccccc1C. The van der Waals surface area contributed by atoms with Gasteiger partial charge >= 0.3 is 0 Å². The number of benzene rings is 1. The highest BCUT2D eigenvalue weighted by Gasteiger charge is 2.16. The topological polar surface area (TPSA) is 58.1 Å². The fourth-order valence-electron chi connectivity index (χ4n) is 2.89. The molecular weight excluding hydrogens is 328 g/mol. The monoisotopic (exact) mass is 362 g/mol. The highest BCUT2D eigenvalue weighted by atomic mass is 16.5. The van der Waals surface area contributed by atoms with Gasteiger partial charge in [-0.25, -0.2) is 0 Å². The molecule has 0 spiro atoms. The van der Waals surface area contributed by atoms with E-state index in [0.717, 1.165) is 56.7 Å². The van der Waals surface area contributed by atoms with Gasteiger partial charge in [0.25, 0.3) is 0 Å². The third kappa shape index (κ3) is 6.84. The van der Waals surface area contributed by atoms with E-state index in [1.165, 1.54) is 0 Å². The molecule has 1 aromatic rings. The lowest BCUT2D eigenvalue weighted by atomic mass is 10.2. The van der Waals surface area contributed by atoms with Gasteiger partial charge in [-0.3, -0.25) is 9.89 Å². The first-order valence-corrected chi connectivity index (χ1v) is 9.66. The molecule has 1 fully saturated rings. The van der Waals surface area contributed by atoms with Crippen LogP contribution in [0.5, 0.6) is 5.75 Å². The zero-order chi connectivity index (χ0) is 18.8. The number of guanidine groups is 1. The fourth-order valence-corrected chi connectivity index (χ4v) is 2.89. The van der Waals surface area contributed by atoms with E-state index in [1.54, 1.807) is 0 Å². The van der Waals surface area contributed by atoms with Crippen molar-refractivity contribution in [2.45, 2.75) is 39.8 Å². The van der Waals surface area contributed by atoms with Crippen LogP contribution in [0, 0.1) is 6.92 Å². The second kappa shape index (κ2) is 11.0. The molecule has 2 atom stereocenters. The summed E-state index contributed by atoms with van der Waals surface area (Å²) in [5, 5.41) is 6.70. The lowest BCUT2D eigenvalue weighted by Gasteiger charge is -2.31. The number of ether oxygens (including phenoxy) is 2. The molecule has 2 unspecified atom stereocenters. The van der Waals surface area contributed by atoms with Crippen LogP contribution in [0.15, 0.2) is 29.3 Å². The van der Waals surface area contributed by atoms with Crippen LogP contribution < -0.4 is 15.4 Å². The summed E-state index contributed by atoms with van der Waals surface area (Å²) in [6.07, 6.45) is 0.0524. The van der Waals surface area contributed by atoms with Crippen molar-refractivity contribution in [1.82, 2.24) is 15.5 Å². The van der Waals surface area contributed by atoms with Crippen molar-refractivity contribution in [2.75, 3.05) is 45.9 Å². The Bertz CT molecular complexity index is 558. The van der Waals surface area contributed by atoms with E-state index in [-0.39, 0.29) is 6.10 Å². The molecule has 26 heavy (non-hydrogen) atoms. The summed E-state index contributed by atoms with van der Waals surface area (Å²) in [4.78, 5) is 7.17. The van der Waals surface area contributed by atoms with E-state index in [9.17, 15) is 0 Å². The van der Waals surface area contributed by atoms with Crippen molar-refractivity contribution in [2.24, 2.45) is 4.99 Å². The summed E-state index contributed by atoms with van der Waals surface area (Å²) < 4.78 is 11.4. The number of para-hydroxylation sites is 1. The third-order valence-corrected chi connectivity index (χ3v) is 4.51. The molecule has 0 bridgehead atoms. The van der Waals surface area contributed by atoms with E-state index >= 15 is 0 Å². The number of hydrogen-bond acceptors (Lipinski definition) is 4. The Hall–Kier alpha value is -1.79. The van der Waals surface area contributed by atoms with Gasteiger partial charge < -0.3 is 20.1 Å². The predicted octanol–water partition coefficient (Wildman–Crippen LogP) is 2.04. The fraction of sp³-hybridized carbons (Fsp3) is 0.650. The number of nitrogens with zero attached hydrogens (tertiary/aromatic N) is 2. The second-order valence-corrected chi connectivity index (χ2v) is 6.79. The van der Waals surface area contributed by atoms with Crippen molar-refractivity contribution < 1.29 is 9.47 Å². The highest BCUT2D eigenvalue weighted by molar-refractivity contribution is 5.79. The Labute approximate surface area is 158 Å². The number of rotatable bonds is 8. The van der Waals surface area contributed by atoms with Gasteiger partial charge in [-0.1, -0.05) is 18.2 Å². The Morgan fingerprint density at radius 2 is 1.96 bits per heavy atom. The van der Waals surface area contributed by atoms with E-state index in [1.807, 2.05) is 18.2 Å². The largest absolute Gasteiger partial charge is 0.489 e. The predicted molar refractivity (Wildman–Crippen MR) is 107 cm³/mol. The molecule has 0 aromatic heterocycles. The summed E-state index contributed by atoms with van der Waals surface area (Å²) in [6, 6.07) is 8.51. The normalized spacial score (nSPS) is 18.2. The molecular formula is C20H34N4O2. The van der Waals surface area contributed by atoms with Crippen LogP contribution in [0.1, 0.15) is 26.3 Å². The Morgan fingerprint density at radius 1 is 1.23 bits per heavy atom. The number of aliphatic imine (C=N–C) groups is 1. The van der Waals surface area contributed by atoms with Crippen LogP contribution in [0.25, 0.3) is 0 Å². The van der Waals surface area contributed by atoms with Crippen LogP contribution in [0.4, 0.5) is 0 Å². The van der Waals surface area contributed by atoms with E-state index in [2.05, 4.69) is 49.3 Å². The maximum absolute atomic E-state index is 6.03. The minimum absolute atomic E-state index is 0.0524. The van der Waals surface area contributed by atoms with Crippen molar-refractivity contribution in [1.29, 1.82) is 0 Å². The van der Waals surface area contributed by atoms with Crippen LogP contribution in [0.2, 0.25) is 0 Å². The molecule has 1 heterocycles. The van der Waals surface area contributed by atoms with Crippen LogP contribution in [-0.2, 0) is 4.74 Å². The Morgan fingerprint density at radius 3 is 2.65 bits per heavy atom. The average Bonchev–Trinajstić information content (AvgIpc) is 2.66. The molecule has 1 aliphatic heterocycles. The molecule has 6 heteroatoms. The molecule has 2 rings (SSSR count). The first-order valence-electron chi connectivity index (χ1n) is 9.66. The summed E-state index contributed by atoms with van der Waals surface area (Å²) in [5.41, 5.74) is 1.15. The Kier molecular flexibility index (Phi) is 8.71. The molecule has 1 aromatic carbocycles. The number of hydrogen-bond donors (Lipinski definition) is 2. The van der Waals surface area contributed by atoms with Gasteiger partial charge in [0.15, 0.2) is 5.96 Å². The van der Waals surface area contributed by atoms with E-state index in [0.29, 0.717) is 12.6 Å². The standard InChI is InChI=1S/C20H34N4O2/c1-5-21-20(22-14-17(3)24-10-12-25-13-11-24)23-15-18(4)26-19-9-7-6-8-16(19)2/h6-9,17-18H,5,10-15H2,1-4H3,(H2,21,22,23). The number of morpholine rings is 1. The maximum atomic E-state index is 6.03. The second-order valence-electron chi connectivity index (χ2n) is 6.79. The summed E-state index contributed by atoms with van der Waals surface area (Å²) >= 11 is 0. The summed E-state index contributed by atoms with van der Waals surface area (Å²) in [7, 11) is 0. The lowest BCUT2D eigenvalue weighted by Crippen LogP contribution is -2.45. The molecule has 2 N–H and O–H groups in total. The molecule has 0 radical (unpaired) electrons. The minimum Gasteiger partial charge on any atom is -0.489 e. The van der Waals surface area contributed by atoms with Gasteiger partial charge in [-0.2, -0.15) is 0 Å². The molecule has 1 aliphatic rings. The van der Waals surface area contributed by atoms with Crippen molar-refractivity contribution in [3.63, 3.8) is 0 Å². The van der Waals surface area contributed by atoms with Crippen LogP contribution >= 0.6 is 0 Å². The van der Waals surface area contributed by atoms with Gasteiger partial charge in [0.1, 0.15) is 11.9 Å². The zero-order valence-corrected chi connectivity index (χ0v) is 16.6. The van der Waals surface area contributed by atoms with Crippen molar-refractivity contribution in [3.8, 4) is 5.75 Å². The molecule has 0 amide bonds. The van der Waals surface area contributed by atoms with Crippen LogP contribution in [0.3, 0.4) is 0 Å². The van der Waals surface area contributed by atoms with E-state index in [4.69, 9.17) is 14.5 Å². The number of nitrogens with one attached hydrogen (secondary N) is 2. The molecule has 0 aliphatic carbocycles. The van der Waals surface area contributed by atoms with Crippen LogP contribution in [-0.4, -0.2) is 68.9 Å². The quantitative estimate of drug-likeness (QED) is 0.547. The van der Waals surface area contributed by atoms with Crippen molar-refractivity contribution in [3.05, 3.63) is 29.8 Å². The smallest absolute Gasteiger partial charge is 0.191 e. The van der Waals surface area contributed by atoms with E-state index < -0.39 is 0 Å². The Balaban J connectivity index is 1.81. The summed E-state index contributed by atoms with van der Waals surface area (Å²) in [5.74, 6) is 1.78. The molecule has 146 valence electrons. The molecule has 6 nitrogen and oxygen atoms in total. The van der Waals surface area contributed by atoms with Gasteiger partial charge in [0.05, 0.1) is 26.3 Å². The first kappa shape index (κ1) is 20.5. The maximum Gasteiger partial charge on any atom is 0.191 e. The number of aryl methyl sites for hydroxylation is 1. The van der Waals surface area contributed by atoms with Gasteiger partial charge in [0.2, 0.25) is 0 Å². The third-order valence-electron chi connectivity index (χ3n) is 4.51. The first-order chi connectivity index (χ1) is 12.6. The van der Waals surface area contributed by atoms with Gasteiger partial charge in [-0.05, 0) is 39.3 Å². The van der Waals surface area contributed by atoms with Gasteiger partial charge in [-0.15, -0.1) is 0 Å². The molecule has 1 saturated heterocycles. The molecule has 0 saturated carbocycles.